The summed E-state index contributed by atoms with van der Waals surface area (Å²) in [5.41, 5.74) is 3.17. The number of nitrogens with zero attached hydrogens (tertiary/aromatic N) is 2. The van der Waals surface area contributed by atoms with E-state index in [-0.39, 0.29) is 5.91 Å². The Morgan fingerprint density at radius 3 is 2.76 bits per heavy atom. The van der Waals surface area contributed by atoms with Gasteiger partial charge in [0.1, 0.15) is 5.01 Å². The molecule has 2 aliphatic rings. The molecule has 1 amide bonds. The lowest BCUT2D eigenvalue weighted by atomic mass is 10.0. The molecule has 0 atom stereocenters. The van der Waals surface area contributed by atoms with Gasteiger partial charge in [0.25, 0.3) is 0 Å². The van der Waals surface area contributed by atoms with Gasteiger partial charge in [0.2, 0.25) is 5.91 Å². The van der Waals surface area contributed by atoms with Gasteiger partial charge < -0.3 is 14.4 Å². The van der Waals surface area contributed by atoms with E-state index >= 15 is 0 Å². The van der Waals surface area contributed by atoms with E-state index in [9.17, 15) is 4.79 Å². The number of amides is 1. The van der Waals surface area contributed by atoms with Crippen molar-refractivity contribution in [2.24, 2.45) is 0 Å². The smallest absolute Gasteiger partial charge is 0.228 e. The van der Waals surface area contributed by atoms with Crippen molar-refractivity contribution in [3.8, 4) is 10.6 Å². The predicted octanol–water partition coefficient (Wildman–Crippen LogP) is 3.03. The second-order valence-electron chi connectivity index (χ2n) is 6.68. The zero-order valence-corrected chi connectivity index (χ0v) is 15.2. The van der Waals surface area contributed by atoms with Gasteiger partial charge in [0.05, 0.1) is 25.3 Å². The second kappa shape index (κ2) is 6.86. The summed E-state index contributed by atoms with van der Waals surface area (Å²) in [6.07, 6.45) is 1.87. The maximum Gasteiger partial charge on any atom is 0.228 e. The van der Waals surface area contributed by atoms with Gasteiger partial charge in [-0.2, -0.15) is 0 Å². The van der Waals surface area contributed by atoms with Gasteiger partial charge in [-0.15, -0.1) is 11.3 Å². The van der Waals surface area contributed by atoms with Crippen LogP contribution in [0.2, 0.25) is 0 Å². The lowest BCUT2D eigenvalue weighted by Crippen LogP contribution is -2.47. The molecule has 5 nitrogen and oxygen atoms in total. The zero-order valence-electron chi connectivity index (χ0n) is 14.4. The van der Waals surface area contributed by atoms with Crippen molar-refractivity contribution in [3.63, 3.8) is 0 Å². The Bertz CT molecular complexity index is 758. The summed E-state index contributed by atoms with van der Waals surface area (Å²) in [4.78, 5) is 19.1. The Kier molecular flexibility index (Phi) is 4.58. The van der Waals surface area contributed by atoms with Gasteiger partial charge >= 0.3 is 0 Å². The van der Waals surface area contributed by atoms with Gasteiger partial charge in [-0.3, -0.25) is 4.79 Å². The van der Waals surface area contributed by atoms with E-state index in [2.05, 4.69) is 30.1 Å². The highest BCUT2D eigenvalue weighted by Gasteiger charge is 2.40. The lowest BCUT2D eigenvalue weighted by Gasteiger charge is -2.37. The molecule has 0 radical (unpaired) electrons. The molecular weight excluding hydrogens is 336 g/mol. The number of carbonyl (C=O) groups is 1. The molecule has 2 saturated heterocycles. The normalized spacial score (nSPS) is 19.5. The number of aryl methyl sites for hydroxylation is 1. The quantitative estimate of drug-likeness (QED) is 0.846. The molecule has 0 aliphatic carbocycles. The van der Waals surface area contributed by atoms with Crippen molar-refractivity contribution in [2.75, 3.05) is 26.3 Å². The van der Waals surface area contributed by atoms with Crippen molar-refractivity contribution >= 4 is 17.2 Å². The van der Waals surface area contributed by atoms with Crippen LogP contribution in [0.5, 0.6) is 0 Å². The first-order valence-electron chi connectivity index (χ1n) is 8.71. The van der Waals surface area contributed by atoms with Crippen molar-refractivity contribution in [2.45, 2.75) is 32.0 Å². The van der Waals surface area contributed by atoms with Crippen molar-refractivity contribution < 1.29 is 14.3 Å². The Labute approximate surface area is 151 Å². The molecule has 0 unspecified atom stereocenters. The highest BCUT2D eigenvalue weighted by Crippen LogP contribution is 2.31. The Morgan fingerprint density at radius 2 is 2.04 bits per heavy atom. The summed E-state index contributed by atoms with van der Waals surface area (Å²) >= 11 is 1.59. The SMILES string of the molecule is Cc1cccc(-c2nc(CC(=O)N3CCC4(CC3)OCCO4)cs2)c1. The molecule has 0 N–H and O–H groups in total. The number of hydrogen-bond donors (Lipinski definition) is 0. The number of aromatic nitrogens is 1. The summed E-state index contributed by atoms with van der Waals surface area (Å²) in [6.45, 7) is 4.77. The third-order valence-electron chi connectivity index (χ3n) is 4.84. The Morgan fingerprint density at radius 1 is 1.28 bits per heavy atom. The first-order valence-corrected chi connectivity index (χ1v) is 9.59. The summed E-state index contributed by atoms with van der Waals surface area (Å²) in [5.74, 6) is -0.301. The van der Waals surface area contributed by atoms with E-state index in [1.165, 1.54) is 5.56 Å². The largest absolute Gasteiger partial charge is 0.347 e. The van der Waals surface area contributed by atoms with Crippen LogP contribution in [0.3, 0.4) is 0 Å². The van der Waals surface area contributed by atoms with E-state index < -0.39 is 5.79 Å². The van der Waals surface area contributed by atoms with Crippen LogP contribution in [0.1, 0.15) is 24.1 Å². The molecule has 1 aromatic carbocycles. The molecular formula is C19H22N2O3S. The minimum atomic E-state index is -0.435. The monoisotopic (exact) mass is 358 g/mol. The highest BCUT2D eigenvalue weighted by molar-refractivity contribution is 7.13. The van der Waals surface area contributed by atoms with E-state index in [1.807, 2.05) is 16.3 Å². The average molecular weight is 358 g/mol. The fourth-order valence-electron chi connectivity index (χ4n) is 3.45. The van der Waals surface area contributed by atoms with Crippen LogP contribution in [0.25, 0.3) is 10.6 Å². The molecule has 1 spiro atoms. The van der Waals surface area contributed by atoms with E-state index in [0.717, 1.165) is 29.1 Å². The van der Waals surface area contributed by atoms with Crippen LogP contribution in [0.4, 0.5) is 0 Å². The molecule has 132 valence electrons. The molecule has 6 heteroatoms. The standard InChI is InChI=1S/C19H22N2O3S/c1-14-3-2-4-15(11-14)18-20-16(13-25-18)12-17(22)21-7-5-19(6-8-21)23-9-10-24-19/h2-4,11,13H,5-10,12H2,1H3. The van der Waals surface area contributed by atoms with Gasteiger partial charge in [-0.25, -0.2) is 4.98 Å². The zero-order chi connectivity index (χ0) is 17.3. The van der Waals surface area contributed by atoms with E-state index in [0.29, 0.717) is 32.7 Å². The maximum absolute atomic E-state index is 12.6. The number of carbonyl (C=O) groups excluding carboxylic acids is 1. The molecule has 0 bridgehead atoms. The van der Waals surface area contributed by atoms with Crippen LogP contribution in [0, 0.1) is 6.92 Å². The van der Waals surface area contributed by atoms with Gasteiger partial charge in [-0.1, -0.05) is 23.8 Å². The van der Waals surface area contributed by atoms with Crippen LogP contribution in [-0.4, -0.2) is 47.9 Å². The van der Waals surface area contributed by atoms with Crippen LogP contribution in [0.15, 0.2) is 29.6 Å². The number of ether oxygens (including phenoxy) is 2. The number of likely N-dealkylation sites (tertiary alicyclic amines) is 1. The second-order valence-corrected chi connectivity index (χ2v) is 7.54. The summed E-state index contributed by atoms with van der Waals surface area (Å²) in [7, 11) is 0. The van der Waals surface area contributed by atoms with Crippen molar-refractivity contribution in [1.29, 1.82) is 0 Å². The molecule has 2 aliphatic heterocycles. The number of hydrogen-bond acceptors (Lipinski definition) is 5. The van der Waals surface area contributed by atoms with Crippen LogP contribution in [-0.2, 0) is 20.7 Å². The average Bonchev–Trinajstić information content (AvgIpc) is 3.26. The molecule has 2 fully saturated rings. The minimum Gasteiger partial charge on any atom is -0.347 e. The number of benzene rings is 1. The van der Waals surface area contributed by atoms with Crippen molar-refractivity contribution in [3.05, 3.63) is 40.9 Å². The summed E-state index contributed by atoms with van der Waals surface area (Å²) in [5, 5.41) is 2.96. The van der Waals surface area contributed by atoms with Crippen LogP contribution >= 0.6 is 11.3 Å². The molecule has 0 saturated carbocycles. The van der Waals surface area contributed by atoms with E-state index in [1.54, 1.807) is 11.3 Å². The number of thiazole rings is 1. The van der Waals surface area contributed by atoms with Gasteiger partial charge in [0.15, 0.2) is 5.79 Å². The molecule has 1 aromatic heterocycles. The Hall–Kier alpha value is -1.76. The van der Waals surface area contributed by atoms with E-state index in [4.69, 9.17) is 9.47 Å². The highest BCUT2D eigenvalue weighted by atomic mass is 32.1. The lowest BCUT2D eigenvalue weighted by molar-refractivity contribution is -0.187. The van der Waals surface area contributed by atoms with Gasteiger partial charge in [0, 0.05) is 36.9 Å². The first kappa shape index (κ1) is 16.7. The topological polar surface area (TPSA) is 51.7 Å². The number of piperidine rings is 1. The summed E-state index contributed by atoms with van der Waals surface area (Å²) in [6, 6.07) is 8.29. The molecule has 25 heavy (non-hydrogen) atoms. The maximum atomic E-state index is 12.6. The minimum absolute atomic E-state index is 0.133. The van der Waals surface area contributed by atoms with Crippen molar-refractivity contribution in [1.82, 2.24) is 9.88 Å². The summed E-state index contributed by atoms with van der Waals surface area (Å²) < 4.78 is 11.4. The van der Waals surface area contributed by atoms with Crippen LogP contribution < -0.4 is 0 Å². The molecule has 4 rings (SSSR count). The third-order valence-corrected chi connectivity index (χ3v) is 5.78. The van der Waals surface area contributed by atoms with Gasteiger partial charge in [-0.05, 0) is 13.0 Å². The first-order chi connectivity index (χ1) is 12.1. The molecule has 3 heterocycles. The molecule has 2 aromatic rings. The fraction of sp³-hybridized carbons (Fsp3) is 0.474. The number of rotatable bonds is 3. The predicted molar refractivity (Wildman–Crippen MR) is 96.4 cm³/mol. The third kappa shape index (κ3) is 3.61. The Balaban J connectivity index is 1.37. The fourth-order valence-corrected chi connectivity index (χ4v) is 4.26.